The van der Waals surface area contributed by atoms with Crippen LogP contribution in [-0.4, -0.2) is 35.1 Å². The van der Waals surface area contributed by atoms with E-state index in [4.69, 9.17) is 11.6 Å². The maximum Gasteiger partial charge on any atom is 0.283 e. The number of amides is 1. The number of halogens is 1. The average molecular weight is 487 g/mol. The first kappa shape index (κ1) is 22.3. The van der Waals surface area contributed by atoms with Crippen LogP contribution in [0.15, 0.2) is 70.5 Å². The maximum atomic E-state index is 12.7. The standard InChI is InChI=1S/C22H19ClN4O3S2/c1-14-24-19-10-11-20(22(28)26-32(29,30)17-6-4-3-5-7-17)25-21(19)27(14)13-15-8-9-16(31-2)12-18(15)23/h3-12H,13H2,1-2H3,(H,26,28). The number of rotatable bonds is 6. The van der Waals surface area contributed by atoms with Crippen LogP contribution in [0.3, 0.4) is 0 Å². The van der Waals surface area contributed by atoms with Gasteiger partial charge in [0.05, 0.1) is 11.4 Å². The van der Waals surface area contributed by atoms with E-state index in [2.05, 4.69) is 14.7 Å². The molecule has 0 unspecified atom stereocenters. The summed E-state index contributed by atoms with van der Waals surface area (Å²) < 4.78 is 28.9. The molecule has 10 heteroatoms. The first-order valence-electron chi connectivity index (χ1n) is 9.57. The summed E-state index contributed by atoms with van der Waals surface area (Å²) in [7, 11) is -4.01. The van der Waals surface area contributed by atoms with Crippen molar-refractivity contribution in [1.29, 1.82) is 0 Å². The van der Waals surface area contributed by atoms with Crippen LogP contribution in [0.25, 0.3) is 11.2 Å². The molecule has 0 radical (unpaired) electrons. The summed E-state index contributed by atoms with van der Waals surface area (Å²) in [5.74, 6) is -0.115. The zero-order valence-corrected chi connectivity index (χ0v) is 19.6. The zero-order chi connectivity index (χ0) is 22.9. The Hall–Kier alpha value is -2.88. The second-order valence-electron chi connectivity index (χ2n) is 6.99. The molecule has 0 aliphatic carbocycles. The van der Waals surface area contributed by atoms with Gasteiger partial charge in [-0.1, -0.05) is 35.9 Å². The van der Waals surface area contributed by atoms with Crippen molar-refractivity contribution in [3.05, 3.63) is 82.8 Å². The third kappa shape index (κ3) is 4.50. The van der Waals surface area contributed by atoms with Gasteiger partial charge in [0.1, 0.15) is 17.0 Å². The highest BCUT2D eigenvalue weighted by Gasteiger charge is 2.21. The number of pyridine rings is 1. The number of sulfonamides is 1. The summed E-state index contributed by atoms with van der Waals surface area (Å²) in [4.78, 5) is 22.6. The third-order valence-electron chi connectivity index (χ3n) is 4.88. The molecule has 2 heterocycles. The summed E-state index contributed by atoms with van der Waals surface area (Å²) in [6, 6.07) is 16.6. The van der Waals surface area contributed by atoms with Gasteiger partial charge in [0, 0.05) is 9.92 Å². The predicted octanol–water partition coefficient (Wildman–Crippen LogP) is 4.28. The number of fused-ring (bicyclic) bond motifs is 1. The normalized spacial score (nSPS) is 11.6. The van der Waals surface area contributed by atoms with Crippen molar-refractivity contribution in [2.45, 2.75) is 23.3 Å². The van der Waals surface area contributed by atoms with Crippen LogP contribution < -0.4 is 4.72 Å². The van der Waals surface area contributed by atoms with Gasteiger partial charge in [-0.3, -0.25) is 4.79 Å². The number of hydrogen-bond acceptors (Lipinski definition) is 6. The van der Waals surface area contributed by atoms with Crippen LogP contribution in [-0.2, 0) is 16.6 Å². The van der Waals surface area contributed by atoms with Crippen molar-refractivity contribution in [3.63, 3.8) is 0 Å². The molecule has 2 aromatic carbocycles. The highest BCUT2D eigenvalue weighted by Crippen LogP contribution is 2.25. The number of thioether (sulfide) groups is 1. The van der Waals surface area contributed by atoms with Gasteiger partial charge in [-0.15, -0.1) is 11.8 Å². The largest absolute Gasteiger partial charge is 0.308 e. The molecule has 0 aliphatic heterocycles. The van der Waals surface area contributed by atoms with Gasteiger partial charge in [-0.05, 0) is 55.1 Å². The minimum absolute atomic E-state index is 0.00125. The lowest BCUT2D eigenvalue weighted by Crippen LogP contribution is -2.31. The predicted molar refractivity (Wildman–Crippen MR) is 126 cm³/mol. The van der Waals surface area contributed by atoms with Crippen molar-refractivity contribution >= 4 is 50.5 Å². The Morgan fingerprint density at radius 1 is 1.09 bits per heavy atom. The summed E-state index contributed by atoms with van der Waals surface area (Å²) >= 11 is 8.05. The van der Waals surface area contributed by atoms with Gasteiger partial charge in [-0.25, -0.2) is 23.1 Å². The van der Waals surface area contributed by atoms with Crippen molar-refractivity contribution in [1.82, 2.24) is 19.3 Å². The van der Waals surface area contributed by atoms with E-state index in [1.165, 1.54) is 18.2 Å². The molecule has 32 heavy (non-hydrogen) atoms. The van der Waals surface area contributed by atoms with Crippen molar-refractivity contribution < 1.29 is 13.2 Å². The SMILES string of the molecule is CSc1ccc(Cn2c(C)nc3ccc(C(=O)NS(=O)(=O)c4ccccc4)nc32)c(Cl)c1. The molecule has 164 valence electrons. The number of imidazole rings is 1. The summed E-state index contributed by atoms with van der Waals surface area (Å²) in [6.07, 6.45) is 1.98. The van der Waals surface area contributed by atoms with Crippen LogP contribution in [0, 0.1) is 6.92 Å². The fraction of sp³-hybridized carbons (Fsp3) is 0.136. The molecule has 0 atom stereocenters. The molecule has 2 aromatic heterocycles. The number of benzene rings is 2. The second-order valence-corrected chi connectivity index (χ2v) is 9.96. The van der Waals surface area contributed by atoms with Gasteiger partial charge >= 0.3 is 0 Å². The Bertz CT molecular complexity index is 1420. The maximum absolute atomic E-state index is 12.7. The average Bonchev–Trinajstić information content (AvgIpc) is 3.09. The van der Waals surface area contributed by atoms with Crippen LogP contribution in [0.5, 0.6) is 0 Å². The zero-order valence-electron chi connectivity index (χ0n) is 17.2. The molecule has 4 aromatic rings. The van der Waals surface area contributed by atoms with E-state index in [1.807, 2.05) is 35.9 Å². The van der Waals surface area contributed by atoms with E-state index in [-0.39, 0.29) is 10.6 Å². The molecule has 4 rings (SSSR count). The van der Waals surface area contributed by atoms with Crippen LogP contribution in [0.4, 0.5) is 0 Å². The number of nitrogens with zero attached hydrogens (tertiary/aromatic N) is 3. The summed E-state index contributed by atoms with van der Waals surface area (Å²) in [6.45, 7) is 2.25. The van der Waals surface area contributed by atoms with E-state index >= 15 is 0 Å². The van der Waals surface area contributed by atoms with Crippen molar-refractivity contribution in [3.8, 4) is 0 Å². The molecule has 1 amide bonds. The number of hydrogen-bond donors (Lipinski definition) is 1. The Labute approximate surface area is 194 Å². The third-order valence-corrected chi connectivity index (χ3v) is 7.31. The van der Waals surface area contributed by atoms with Gasteiger partial charge in [-0.2, -0.15) is 0 Å². The minimum atomic E-state index is -4.01. The second kappa shape index (κ2) is 8.93. The van der Waals surface area contributed by atoms with E-state index < -0.39 is 15.9 Å². The highest BCUT2D eigenvalue weighted by molar-refractivity contribution is 7.98. The summed E-state index contributed by atoms with van der Waals surface area (Å²) in [5, 5.41) is 0.626. The van der Waals surface area contributed by atoms with Gasteiger partial charge in [0.2, 0.25) is 0 Å². The lowest BCUT2D eigenvalue weighted by atomic mass is 10.2. The van der Waals surface area contributed by atoms with Gasteiger partial charge in [0.25, 0.3) is 15.9 Å². The molecule has 1 N–H and O–H groups in total. The first-order chi connectivity index (χ1) is 15.3. The number of nitrogens with one attached hydrogen (secondary N) is 1. The van der Waals surface area contributed by atoms with E-state index in [0.717, 1.165) is 10.5 Å². The van der Waals surface area contributed by atoms with Gasteiger partial charge < -0.3 is 4.57 Å². The lowest BCUT2D eigenvalue weighted by molar-refractivity contribution is 0.0977. The van der Waals surface area contributed by atoms with E-state index in [9.17, 15) is 13.2 Å². The number of aryl methyl sites for hydroxylation is 1. The molecule has 7 nitrogen and oxygen atoms in total. The number of carbonyl (C=O) groups excluding carboxylic acids is 1. The van der Waals surface area contributed by atoms with Crippen molar-refractivity contribution in [2.24, 2.45) is 0 Å². The smallest absolute Gasteiger partial charge is 0.283 e. The number of carbonyl (C=O) groups is 1. The topological polar surface area (TPSA) is 94.0 Å². The van der Waals surface area contributed by atoms with Crippen LogP contribution in [0.2, 0.25) is 5.02 Å². The molecular weight excluding hydrogens is 468 g/mol. The van der Waals surface area contributed by atoms with E-state index in [0.29, 0.717) is 28.6 Å². The van der Waals surface area contributed by atoms with Gasteiger partial charge in [0.15, 0.2) is 5.65 Å². The Morgan fingerprint density at radius 2 is 1.84 bits per heavy atom. The molecule has 0 saturated heterocycles. The molecule has 0 saturated carbocycles. The summed E-state index contributed by atoms with van der Waals surface area (Å²) in [5.41, 5.74) is 1.93. The quantitative estimate of drug-likeness (QED) is 0.409. The molecule has 0 fully saturated rings. The number of aromatic nitrogens is 3. The van der Waals surface area contributed by atoms with Crippen LogP contribution >= 0.6 is 23.4 Å². The van der Waals surface area contributed by atoms with Crippen LogP contribution in [0.1, 0.15) is 21.9 Å². The first-order valence-corrected chi connectivity index (χ1v) is 12.7. The monoisotopic (exact) mass is 486 g/mol. The molecule has 0 aliphatic rings. The highest BCUT2D eigenvalue weighted by atomic mass is 35.5. The lowest BCUT2D eigenvalue weighted by Gasteiger charge is -2.10. The fourth-order valence-electron chi connectivity index (χ4n) is 3.22. The van der Waals surface area contributed by atoms with Crippen molar-refractivity contribution in [2.75, 3.05) is 6.26 Å². The fourth-order valence-corrected chi connectivity index (χ4v) is 4.94. The molecular formula is C22H19ClN4O3S2. The minimum Gasteiger partial charge on any atom is -0.308 e. The Balaban J connectivity index is 1.66. The molecule has 0 bridgehead atoms. The Morgan fingerprint density at radius 3 is 2.53 bits per heavy atom. The Kier molecular flexibility index (Phi) is 6.23. The van der Waals surface area contributed by atoms with E-state index in [1.54, 1.807) is 36.0 Å². The molecule has 0 spiro atoms.